The lowest BCUT2D eigenvalue weighted by atomic mass is 10.2. The van der Waals surface area contributed by atoms with E-state index in [0.717, 1.165) is 36.2 Å². The highest BCUT2D eigenvalue weighted by Gasteiger charge is 2.51. The van der Waals surface area contributed by atoms with E-state index >= 15 is 0 Å². The summed E-state index contributed by atoms with van der Waals surface area (Å²) < 4.78 is 1.10. The standard InChI is InChI=1S/C17H19N5O3/c1-2-13(23)22-8-3-7-20(10-17(22)5-6-17)14-12-4-9-21(16(24)25)15(12)19-11-18-14/h2,4,9,11H,1,3,5-8,10H2,(H,24,25). The number of fused-ring (bicyclic) bond motifs is 1. The molecule has 8 nitrogen and oxygen atoms in total. The molecule has 1 saturated heterocycles. The lowest BCUT2D eigenvalue weighted by Gasteiger charge is -2.31. The van der Waals surface area contributed by atoms with Gasteiger partial charge in [-0.3, -0.25) is 4.79 Å². The lowest BCUT2D eigenvalue weighted by Crippen LogP contribution is -2.46. The van der Waals surface area contributed by atoms with Gasteiger partial charge in [-0.1, -0.05) is 6.58 Å². The van der Waals surface area contributed by atoms with Crippen LogP contribution in [0.2, 0.25) is 0 Å². The smallest absolute Gasteiger partial charge is 0.417 e. The van der Waals surface area contributed by atoms with Crippen molar-refractivity contribution >= 4 is 28.9 Å². The van der Waals surface area contributed by atoms with Crippen molar-refractivity contribution < 1.29 is 14.7 Å². The number of amides is 1. The molecule has 1 N–H and O–H groups in total. The third-order valence-corrected chi connectivity index (χ3v) is 5.10. The van der Waals surface area contributed by atoms with Crippen molar-refractivity contribution in [1.29, 1.82) is 0 Å². The predicted molar refractivity (Wildman–Crippen MR) is 91.7 cm³/mol. The molecule has 0 unspecified atom stereocenters. The Morgan fingerprint density at radius 1 is 1.28 bits per heavy atom. The van der Waals surface area contributed by atoms with Crippen molar-refractivity contribution in [3.8, 4) is 0 Å². The number of carbonyl (C=O) groups is 2. The quantitative estimate of drug-likeness (QED) is 0.836. The van der Waals surface area contributed by atoms with Crippen molar-refractivity contribution in [1.82, 2.24) is 19.4 Å². The molecule has 0 atom stereocenters. The third kappa shape index (κ3) is 2.45. The average molecular weight is 341 g/mol. The van der Waals surface area contributed by atoms with Crippen LogP contribution in [0.3, 0.4) is 0 Å². The number of carboxylic acid groups (broad SMARTS) is 1. The first kappa shape index (κ1) is 15.6. The zero-order valence-electron chi connectivity index (χ0n) is 13.8. The van der Waals surface area contributed by atoms with Crippen LogP contribution in [0.15, 0.2) is 31.2 Å². The summed E-state index contributed by atoms with van der Waals surface area (Å²) in [6.45, 7) is 5.76. The Kier molecular flexibility index (Phi) is 3.48. The number of carbonyl (C=O) groups excluding carboxylic acids is 1. The number of nitrogens with zero attached hydrogens (tertiary/aromatic N) is 5. The van der Waals surface area contributed by atoms with Crippen molar-refractivity contribution in [2.45, 2.75) is 24.8 Å². The van der Waals surface area contributed by atoms with Crippen LogP contribution in [0.25, 0.3) is 11.0 Å². The van der Waals surface area contributed by atoms with E-state index in [0.29, 0.717) is 24.1 Å². The molecule has 4 rings (SSSR count). The maximum absolute atomic E-state index is 12.2. The van der Waals surface area contributed by atoms with Gasteiger partial charge in [0.15, 0.2) is 5.65 Å². The molecular formula is C17H19N5O3. The van der Waals surface area contributed by atoms with E-state index in [1.54, 1.807) is 6.07 Å². The van der Waals surface area contributed by atoms with Gasteiger partial charge in [0.25, 0.3) is 0 Å². The number of hydrogen-bond acceptors (Lipinski definition) is 5. The molecular weight excluding hydrogens is 322 g/mol. The summed E-state index contributed by atoms with van der Waals surface area (Å²) >= 11 is 0. The minimum atomic E-state index is -1.07. The monoisotopic (exact) mass is 341 g/mol. The molecule has 25 heavy (non-hydrogen) atoms. The number of aromatic nitrogens is 3. The fraction of sp³-hybridized carbons (Fsp3) is 0.412. The van der Waals surface area contributed by atoms with Crippen LogP contribution in [0, 0.1) is 0 Å². The molecule has 0 aromatic carbocycles. The number of rotatable bonds is 2. The van der Waals surface area contributed by atoms with Crippen molar-refractivity contribution in [3.63, 3.8) is 0 Å². The summed E-state index contributed by atoms with van der Waals surface area (Å²) in [5.74, 6) is 0.702. The summed E-state index contributed by atoms with van der Waals surface area (Å²) in [6, 6.07) is 1.73. The normalized spacial score (nSPS) is 19.0. The topological polar surface area (TPSA) is 91.6 Å². The molecule has 8 heteroatoms. The van der Waals surface area contributed by atoms with Crippen LogP contribution >= 0.6 is 0 Å². The molecule has 2 aromatic heterocycles. The first-order chi connectivity index (χ1) is 12.1. The molecule has 0 bridgehead atoms. The Labute approximate surface area is 144 Å². The lowest BCUT2D eigenvalue weighted by molar-refractivity contribution is -0.128. The second kappa shape index (κ2) is 5.58. The highest BCUT2D eigenvalue weighted by Crippen LogP contribution is 2.45. The molecule has 1 spiro atoms. The van der Waals surface area contributed by atoms with E-state index < -0.39 is 6.09 Å². The summed E-state index contributed by atoms with van der Waals surface area (Å²) in [4.78, 5) is 36.1. The van der Waals surface area contributed by atoms with Crippen LogP contribution in [0.4, 0.5) is 10.6 Å². The van der Waals surface area contributed by atoms with Crippen LogP contribution in [0.1, 0.15) is 19.3 Å². The Bertz CT molecular complexity index is 870. The SMILES string of the molecule is C=CC(=O)N1CCCN(c2ncnc3c2ccn3C(=O)O)CC12CC2. The Morgan fingerprint density at radius 3 is 2.76 bits per heavy atom. The van der Waals surface area contributed by atoms with Crippen LogP contribution in [-0.4, -0.2) is 61.7 Å². The first-order valence-corrected chi connectivity index (χ1v) is 8.30. The maximum atomic E-state index is 12.2. The van der Waals surface area contributed by atoms with E-state index in [-0.39, 0.29) is 11.4 Å². The zero-order valence-corrected chi connectivity index (χ0v) is 13.8. The summed E-state index contributed by atoms with van der Waals surface area (Å²) in [5.41, 5.74) is 0.222. The molecule has 1 aliphatic heterocycles. The van der Waals surface area contributed by atoms with E-state index in [1.807, 2.05) is 4.90 Å². The molecule has 1 aliphatic carbocycles. The van der Waals surface area contributed by atoms with E-state index in [1.165, 1.54) is 18.6 Å². The Morgan fingerprint density at radius 2 is 2.08 bits per heavy atom. The molecule has 2 aromatic rings. The van der Waals surface area contributed by atoms with Gasteiger partial charge in [-0.25, -0.2) is 19.3 Å². The molecule has 130 valence electrons. The molecule has 2 aliphatic rings. The van der Waals surface area contributed by atoms with Gasteiger partial charge in [0.05, 0.1) is 10.9 Å². The minimum Gasteiger partial charge on any atom is -0.464 e. The van der Waals surface area contributed by atoms with E-state index in [9.17, 15) is 14.7 Å². The predicted octanol–water partition coefficient (Wildman–Crippen LogP) is 1.71. The largest absolute Gasteiger partial charge is 0.464 e. The minimum absolute atomic E-state index is 0.0239. The van der Waals surface area contributed by atoms with Crippen LogP contribution in [0.5, 0.6) is 0 Å². The second-order valence-electron chi connectivity index (χ2n) is 6.60. The molecule has 1 saturated carbocycles. The van der Waals surface area contributed by atoms with Gasteiger partial charge in [-0.05, 0) is 31.4 Å². The third-order valence-electron chi connectivity index (χ3n) is 5.10. The molecule has 1 amide bonds. The fourth-order valence-electron chi connectivity index (χ4n) is 3.73. The highest BCUT2D eigenvalue weighted by atomic mass is 16.4. The zero-order chi connectivity index (χ0) is 17.6. The second-order valence-corrected chi connectivity index (χ2v) is 6.60. The van der Waals surface area contributed by atoms with Gasteiger partial charge in [-0.15, -0.1) is 0 Å². The molecule has 0 radical (unpaired) electrons. The Hall–Kier alpha value is -2.90. The molecule has 3 heterocycles. The van der Waals surface area contributed by atoms with E-state index in [2.05, 4.69) is 21.4 Å². The van der Waals surface area contributed by atoms with Gasteiger partial charge >= 0.3 is 6.09 Å². The van der Waals surface area contributed by atoms with Gasteiger partial charge in [0.1, 0.15) is 12.1 Å². The van der Waals surface area contributed by atoms with E-state index in [4.69, 9.17) is 0 Å². The molecule has 2 fully saturated rings. The van der Waals surface area contributed by atoms with Crippen molar-refractivity contribution in [2.75, 3.05) is 24.5 Å². The van der Waals surface area contributed by atoms with Crippen LogP contribution in [-0.2, 0) is 4.79 Å². The number of anilines is 1. The first-order valence-electron chi connectivity index (χ1n) is 8.30. The summed E-state index contributed by atoms with van der Waals surface area (Å²) in [5, 5.41) is 9.98. The van der Waals surface area contributed by atoms with Gasteiger partial charge < -0.3 is 14.9 Å². The van der Waals surface area contributed by atoms with Gasteiger partial charge in [0.2, 0.25) is 5.91 Å². The van der Waals surface area contributed by atoms with Crippen LogP contribution < -0.4 is 4.90 Å². The Balaban J connectivity index is 1.71. The summed E-state index contributed by atoms with van der Waals surface area (Å²) in [7, 11) is 0. The maximum Gasteiger partial charge on any atom is 0.417 e. The van der Waals surface area contributed by atoms with Gasteiger partial charge in [0, 0.05) is 25.8 Å². The van der Waals surface area contributed by atoms with Gasteiger partial charge in [-0.2, -0.15) is 0 Å². The number of hydrogen-bond donors (Lipinski definition) is 1. The van der Waals surface area contributed by atoms with Crippen molar-refractivity contribution in [2.24, 2.45) is 0 Å². The highest BCUT2D eigenvalue weighted by molar-refractivity contribution is 5.93. The average Bonchev–Trinajstić information content (AvgIpc) is 3.29. The summed E-state index contributed by atoms with van der Waals surface area (Å²) in [6.07, 6.45) is 5.95. The fourth-order valence-corrected chi connectivity index (χ4v) is 3.73. The van der Waals surface area contributed by atoms with Crippen molar-refractivity contribution in [3.05, 3.63) is 31.2 Å².